The summed E-state index contributed by atoms with van der Waals surface area (Å²) >= 11 is 5.96. The molecule has 0 unspecified atom stereocenters. The second-order valence-electron chi connectivity index (χ2n) is 4.74. The number of carboxylic acid groups (broad SMARTS) is 1. The Labute approximate surface area is 127 Å². The number of carbonyl (C=O) groups excluding carboxylic acids is 1. The van der Waals surface area contributed by atoms with Gasteiger partial charge in [0.2, 0.25) is 0 Å². The molecule has 0 aliphatic carbocycles. The van der Waals surface area contributed by atoms with Crippen LogP contribution in [0.15, 0.2) is 42.5 Å². The number of aromatic carboxylic acids is 1. The lowest BCUT2D eigenvalue weighted by atomic mass is 9.98. The topological polar surface area (TPSA) is 57.6 Å². The average molecular weight is 304 g/mol. The molecule has 21 heavy (non-hydrogen) atoms. The zero-order chi connectivity index (χ0) is 15.6. The Kier molecular flexibility index (Phi) is 4.29. The van der Waals surface area contributed by atoms with Gasteiger partial charge in [-0.2, -0.15) is 0 Å². The van der Waals surface area contributed by atoms with Crippen LogP contribution in [-0.2, 0) is 0 Å². The van der Waals surface area contributed by atoms with Gasteiger partial charge in [-0.1, -0.05) is 35.9 Å². The summed E-state index contributed by atoms with van der Waals surface area (Å²) in [5, 5.41) is 9.47. The zero-order valence-corrected chi connectivity index (χ0v) is 12.4. The lowest BCUT2D eigenvalue weighted by Crippen LogP contribution is -2.21. The van der Waals surface area contributed by atoms with Crippen molar-refractivity contribution in [3.8, 4) is 11.1 Å². The maximum absolute atomic E-state index is 11.8. The molecule has 1 amide bonds. The smallest absolute Gasteiger partial charge is 0.337 e. The number of nitrogens with zero attached hydrogens (tertiary/aromatic N) is 1. The highest BCUT2D eigenvalue weighted by atomic mass is 35.5. The molecule has 0 saturated heterocycles. The van der Waals surface area contributed by atoms with Crippen LogP contribution in [-0.4, -0.2) is 36.0 Å². The Hall–Kier alpha value is -2.33. The Bertz CT molecular complexity index is 693. The SMILES string of the molecule is CN(C)C(=O)c1ccc(-c2cccc(Cl)c2C(=O)O)cc1. The van der Waals surface area contributed by atoms with Crippen molar-refractivity contribution in [3.63, 3.8) is 0 Å². The van der Waals surface area contributed by atoms with Crippen molar-refractivity contribution in [1.82, 2.24) is 4.90 Å². The van der Waals surface area contributed by atoms with E-state index in [4.69, 9.17) is 11.6 Å². The van der Waals surface area contributed by atoms with Crippen LogP contribution in [0.3, 0.4) is 0 Å². The van der Waals surface area contributed by atoms with Crippen molar-refractivity contribution in [2.45, 2.75) is 0 Å². The van der Waals surface area contributed by atoms with Gasteiger partial charge in [-0.05, 0) is 29.3 Å². The molecule has 0 heterocycles. The summed E-state index contributed by atoms with van der Waals surface area (Å²) in [6.45, 7) is 0. The molecule has 0 spiro atoms. The van der Waals surface area contributed by atoms with Crippen LogP contribution in [0.4, 0.5) is 0 Å². The Morgan fingerprint density at radius 3 is 2.19 bits per heavy atom. The summed E-state index contributed by atoms with van der Waals surface area (Å²) in [6, 6.07) is 11.7. The Morgan fingerprint density at radius 1 is 1.05 bits per heavy atom. The molecule has 108 valence electrons. The molecular weight excluding hydrogens is 290 g/mol. The van der Waals surface area contributed by atoms with E-state index in [1.54, 1.807) is 56.6 Å². The molecule has 2 rings (SSSR count). The Morgan fingerprint density at radius 2 is 1.67 bits per heavy atom. The number of halogens is 1. The maximum Gasteiger partial charge on any atom is 0.337 e. The molecule has 0 radical (unpaired) electrons. The van der Waals surface area contributed by atoms with Gasteiger partial charge < -0.3 is 10.0 Å². The molecule has 0 atom stereocenters. The molecule has 0 bridgehead atoms. The zero-order valence-electron chi connectivity index (χ0n) is 11.6. The monoisotopic (exact) mass is 303 g/mol. The number of carbonyl (C=O) groups is 2. The first kappa shape index (κ1) is 15.1. The molecule has 1 N–H and O–H groups in total. The summed E-state index contributed by atoms with van der Waals surface area (Å²) in [7, 11) is 3.35. The average Bonchev–Trinajstić information content (AvgIpc) is 2.46. The largest absolute Gasteiger partial charge is 0.478 e. The van der Waals surface area contributed by atoms with Crippen LogP contribution in [0.1, 0.15) is 20.7 Å². The van der Waals surface area contributed by atoms with E-state index < -0.39 is 5.97 Å². The fraction of sp³-hybridized carbons (Fsp3) is 0.125. The summed E-state index contributed by atoms with van der Waals surface area (Å²) in [6.07, 6.45) is 0. The second-order valence-corrected chi connectivity index (χ2v) is 5.15. The van der Waals surface area contributed by atoms with Crippen molar-refractivity contribution >= 4 is 23.5 Å². The highest BCUT2D eigenvalue weighted by Gasteiger charge is 2.16. The number of benzene rings is 2. The first-order valence-corrected chi connectivity index (χ1v) is 6.63. The number of hydrogen-bond donors (Lipinski definition) is 1. The normalized spacial score (nSPS) is 10.2. The van der Waals surface area contributed by atoms with Gasteiger partial charge in [-0.15, -0.1) is 0 Å². The highest BCUT2D eigenvalue weighted by molar-refractivity contribution is 6.34. The van der Waals surface area contributed by atoms with Gasteiger partial charge >= 0.3 is 5.97 Å². The minimum atomic E-state index is -1.08. The molecule has 2 aromatic carbocycles. The molecule has 0 fully saturated rings. The van der Waals surface area contributed by atoms with Crippen LogP contribution in [0.5, 0.6) is 0 Å². The molecule has 0 aliphatic rings. The lowest BCUT2D eigenvalue weighted by Gasteiger charge is -2.11. The van der Waals surface area contributed by atoms with E-state index in [0.29, 0.717) is 16.7 Å². The third-order valence-electron chi connectivity index (χ3n) is 3.08. The van der Waals surface area contributed by atoms with Gasteiger partial charge in [0.25, 0.3) is 5.91 Å². The van der Waals surface area contributed by atoms with E-state index in [2.05, 4.69) is 0 Å². The van der Waals surface area contributed by atoms with Crippen molar-refractivity contribution in [1.29, 1.82) is 0 Å². The summed E-state index contributed by atoms with van der Waals surface area (Å²) < 4.78 is 0. The van der Waals surface area contributed by atoms with Gasteiger partial charge in [-0.3, -0.25) is 4.79 Å². The first-order chi connectivity index (χ1) is 9.91. The standard InChI is InChI=1S/C16H14ClNO3/c1-18(2)15(19)11-8-6-10(7-9-11)12-4-3-5-13(17)14(12)16(20)21/h3-9H,1-2H3,(H,20,21). The van der Waals surface area contributed by atoms with Crippen molar-refractivity contribution in [2.24, 2.45) is 0 Å². The van der Waals surface area contributed by atoms with E-state index >= 15 is 0 Å². The van der Waals surface area contributed by atoms with Gasteiger partial charge in [0.15, 0.2) is 0 Å². The van der Waals surface area contributed by atoms with Gasteiger partial charge in [0.05, 0.1) is 10.6 Å². The van der Waals surface area contributed by atoms with Gasteiger partial charge in [0, 0.05) is 19.7 Å². The number of amides is 1. The molecule has 5 heteroatoms. The van der Waals surface area contributed by atoms with Gasteiger partial charge in [0.1, 0.15) is 0 Å². The fourth-order valence-electron chi connectivity index (χ4n) is 2.03. The molecule has 0 aromatic heterocycles. The molecule has 0 aliphatic heterocycles. The van der Waals surface area contributed by atoms with Crippen LogP contribution < -0.4 is 0 Å². The van der Waals surface area contributed by atoms with E-state index in [1.807, 2.05) is 0 Å². The summed E-state index contributed by atoms with van der Waals surface area (Å²) in [5.74, 6) is -1.19. The minimum Gasteiger partial charge on any atom is -0.478 e. The van der Waals surface area contributed by atoms with E-state index in [0.717, 1.165) is 0 Å². The maximum atomic E-state index is 11.8. The first-order valence-electron chi connectivity index (χ1n) is 6.25. The number of rotatable bonds is 3. The molecular formula is C16H14ClNO3. The molecule has 2 aromatic rings. The highest BCUT2D eigenvalue weighted by Crippen LogP contribution is 2.29. The third-order valence-corrected chi connectivity index (χ3v) is 3.39. The van der Waals surface area contributed by atoms with Crippen molar-refractivity contribution < 1.29 is 14.7 Å². The van der Waals surface area contributed by atoms with Crippen molar-refractivity contribution in [2.75, 3.05) is 14.1 Å². The quantitative estimate of drug-likeness (QED) is 0.945. The molecule has 0 saturated carbocycles. The van der Waals surface area contributed by atoms with E-state index in [-0.39, 0.29) is 16.5 Å². The van der Waals surface area contributed by atoms with E-state index in [1.165, 1.54) is 4.90 Å². The Balaban J connectivity index is 2.47. The predicted molar refractivity (Wildman–Crippen MR) is 81.9 cm³/mol. The third kappa shape index (κ3) is 3.06. The predicted octanol–water partition coefficient (Wildman–Crippen LogP) is 3.41. The fourth-order valence-corrected chi connectivity index (χ4v) is 2.29. The second kappa shape index (κ2) is 5.97. The van der Waals surface area contributed by atoms with Gasteiger partial charge in [-0.25, -0.2) is 4.79 Å². The number of hydrogen-bond acceptors (Lipinski definition) is 2. The lowest BCUT2D eigenvalue weighted by molar-refractivity contribution is 0.0697. The minimum absolute atomic E-state index is 0.0610. The van der Waals surface area contributed by atoms with Crippen LogP contribution in [0.25, 0.3) is 11.1 Å². The van der Waals surface area contributed by atoms with Crippen molar-refractivity contribution in [3.05, 3.63) is 58.6 Å². The summed E-state index contributed by atoms with van der Waals surface area (Å²) in [5.41, 5.74) is 1.83. The summed E-state index contributed by atoms with van der Waals surface area (Å²) in [4.78, 5) is 24.7. The van der Waals surface area contributed by atoms with Crippen LogP contribution in [0, 0.1) is 0 Å². The number of carboxylic acids is 1. The van der Waals surface area contributed by atoms with Crippen LogP contribution in [0.2, 0.25) is 5.02 Å². The van der Waals surface area contributed by atoms with Crippen LogP contribution >= 0.6 is 11.6 Å². The molecule has 4 nitrogen and oxygen atoms in total. The van der Waals surface area contributed by atoms with E-state index in [9.17, 15) is 14.7 Å².